The first kappa shape index (κ1) is 15.3. The number of carboxylic acid groups (broad SMARTS) is 1. The number of rotatable bonds is 3. The zero-order valence-electron chi connectivity index (χ0n) is 13.8. The average molecular weight is 331 g/mol. The van der Waals surface area contributed by atoms with E-state index in [0.717, 1.165) is 32.8 Å². The van der Waals surface area contributed by atoms with Gasteiger partial charge in [-0.3, -0.25) is 0 Å². The minimum absolute atomic E-state index is 0.377. The third kappa shape index (κ3) is 2.62. The van der Waals surface area contributed by atoms with Crippen molar-refractivity contribution in [3.05, 3.63) is 77.9 Å². The Morgan fingerprint density at radius 1 is 0.960 bits per heavy atom. The first-order valence-corrected chi connectivity index (χ1v) is 8.10. The van der Waals surface area contributed by atoms with Gasteiger partial charge in [0.15, 0.2) is 0 Å². The van der Waals surface area contributed by atoms with E-state index in [1.807, 2.05) is 54.0 Å². The molecule has 0 atom stereocenters. The van der Waals surface area contributed by atoms with Crippen LogP contribution in [0.25, 0.3) is 21.7 Å². The minimum atomic E-state index is -1.30. The van der Waals surface area contributed by atoms with Gasteiger partial charge in [-0.2, -0.15) is 0 Å². The first-order valence-electron chi connectivity index (χ1n) is 8.10. The van der Waals surface area contributed by atoms with E-state index in [9.17, 15) is 4.79 Å². The molecule has 0 aliphatic rings. The standard InChI is InChI=1S/C21H17NO3/c1-14-17-10-4-5-12-19(17)22(20(14)25-21(23)24)13-16-9-6-8-15-7-2-3-11-18(15)16/h2-12H,13H2,1H3,(H,23,24). The second-order valence-electron chi connectivity index (χ2n) is 6.04. The molecule has 0 saturated carbocycles. The molecule has 0 unspecified atom stereocenters. The molecule has 0 saturated heterocycles. The summed E-state index contributed by atoms with van der Waals surface area (Å²) in [5.41, 5.74) is 2.91. The number of hydrogen-bond acceptors (Lipinski definition) is 2. The van der Waals surface area contributed by atoms with Gasteiger partial charge in [0.25, 0.3) is 0 Å². The molecule has 0 fully saturated rings. The van der Waals surface area contributed by atoms with Gasteiger partial charge in [-0.1, -0.05) is 60.7 Å². The van der Waals surface area contributed by atoms with Crippen LogP contribution >= 0.6 is 0 Å². The molecule has 0 spiro atoms. The zero-order chi connectivity index (χ0) is 17.4. The summed E-state index contributed by atoms with van der Waals surface area (Å²) in [5, 5.41) is 12.5. The summed E-state index contributed by atoms with van der Waals surface area (Å²) in [6.07, 6.45) is -1.30. The van der Waals surface area contributed by atoms with E-state index in [1.54, 1.807) is 0 Å². The van der Waals surface area contributed by atoms with Gasteiger partial charge in [0.2, 0.25) is 5.88 Å². The van der Waals surface area contributed by atoms with Gasteiger partial charge >= 0.3 is 6.16 Å². The number of aryl methyl sites for hydroxylation is 1. The number of ether oxygens (including phenoxy) is 1. The van der Waals surface area contributed by atoms with Gasteiger partial charge in [-0.05, 0) is 29.3 Å². The van der Waals surface area contributed by atoms with Crippen molar-refractivity contribution in [2.45, 2.75) is 13.5 Å². The summed E-state index contributed by atoms with van der Waals surface area (Å²) < 4.78 is 7.06. The average Bonchev–Trinajstić information content (AvgIpc) is 2.88. The van der Waals surface area contributed by atoms with Crippen LogP contribution < -0.4 is 4.74 Å². The van der Waals surface area contributed by atoms with Gasteiger partial charge in [-0.15, -0.1) is 0 Å². The van der Waals surface area contributed by atoms with E-state index >= 15 is 0 Å². The highest BCUT2D eigenvalue weighted by Crippen LogP contribution is 2.33. The SMILES string of the molecule is Cc1c(OC(=O)O)n(Cc2cccc3ccccc23)c2ccccc12. The van der Waals surface area contributed by atoms with Gasteiger partial charge < -0.3 is 14.4 Å². The molecule has 25 heavy (non-hydrogen) atoms. The first-order chi connectivity index (χ1) is 12.1. The van der Waals surface area contributed by atoms with Gasteiger partial charge in [-0.25, -0.2) is 4.79 Å². The highest BCUT2D eigenvalue weighted by molar-refractivity contribution is 5.89. The highest BCUT2D eigenvalue weighted by Gasteiger charge is 2.18. The zero-order valence-corrected chi connectivity index (χ0v) is 13.8. The van der Waals surface area contributed by atoms with E-state index < -0.39 is 6.16 Å². The van der Waals surface area contributed by atoms with E-state index in [-0.39, 0.29) is 0 Å². The molecule has 0 amide bonds. The van der Waals surface area contributed by atoms with E-state index in [2.05, 4.69) is 24.3 Å². The molecule has 1 N–H and O–H groups in total. The van der Waals surface area contributed by atoms with Crippen molar-refractivity contribution < 1.29 is 14.6 Å². The monoisotopic (exact) mass is 331 g/mol. The van der Waals surface area contributed by atoms with E-state index in [0.29, 0.717) is 12.4 Å². The highest BCUT2D eigenvalue weighted by atomic mass is 16.7. The van der Waals surface area contributed by atoms with E-state index in [1.165, 1.54) is 0 Å². The Kier molecular flexibility index (Phi) is 3.65. The lowest BCUT2D eigenvalue weighted by atomic mass is 10.0. The summed E-state index contributed by atoms with van der Waals surface area (Å²) in [7, 11) is 0. The number of aromatic nitrogens is 1. The maximum atomic E-state index is 11.2. The van der Waals surface area contributed by atoms with Crippen LogP contribution in [-0.4, -0.2) is 15.8 Å². The summed E-state index contributed by atoms with van der Waals surface area (Å²) in [6.45, 7) is 2.43. The van der Waals surface area contributed by atoms with Crippen LogP contribution in [0.3, 0.4) is 0 Å². The van der Waals surface area contributed by atoms with Crippen LogP contribution in [0, 0.1) is 6.92 Å². The largest absolute Gasteiger partial charge is 0.512 e. The van der Waals surface area contributed by atoms with Crippen molar-refractivity contribution in [1.82, 2.24) is 4.57 Å². The fourth-order valence-corrected chi connectivity index (χ4v) is 3.43. The fraction of sp³-hybridized carbons (Fsp3) is 0.0952. The Bertz CT molecular complexity index is 1090. The van der Waals surface area contributed by atoms with Crippen LogP contribution in [0.1, 0.15) is 11.1 Å². The Balaban J connectivity index is 1.92. The maximum absolute atomic E-state index is 11.2. The Morgan fingerprint density at radius 2 is 1.64 bits per heavy atom. The molecule has 1 heterocycles. The molecule has 1 aromatic heterocycles. The predicted molar refractivity (Wildman–Crippen MR) is 98.4 cm³/mol. The van der Waals surface area contributed by atoms with E-state index in [4.69, 9.17) is 9.84 Å². The van der Waals surface area contributed by atoms with Crippen molar-refractivity contribution in [3.63, 3.8) is 0 Å². The number of hydrogen-bond donors (Lipinski definition) is 1. The smallest absolute Gasteiger partial charge is 0.449 e. The summed E-state index contributed by atoms with van der Waals surface area (Å²) >= 11 is 0. The Morgan fingerprint density at radius 3 is 2.44 bits per heavy atom. The van der Waals surface area contributed by atoms with Gasteiger partial charge in [0.05, 0.1) is 12.1 Å². The lowest BCUT2D eigenvalue weighted by molar-refractivity contribution is 0.140. The predicted octanol–water partition coefficient (Wildman–Crippen LogP) is 5.21. The van der Waals surface area contributed by atoms with Crippen molar-refractivity contribution in [2.75, 3.05) is 0 Å². The number of benzene rings is 3. The molecule has 0 bridgehead atoms. The molecule has 4 aromatic rings. The lowest BCUT2D eigenvalue weighted by Gasteiger charge is -2.12. The molecular weight excluding hydrogens is 314 g/mol. The van der Waals surface area contributed by atoms with Crippen LogP contribution in [0.5, 0.6) is 5.88 Å². The number of nitrogens with zero attached hydrogens (tertiary/aromatic N) is 1. The summed E-state index contributed by atoms with van der Waals surface area (Å²) in [6, 6.07) is 22.2. The molecule has 0 aliphatic heterocycles. The van der Waals surface area contributed by atoms with Gasteiger partial charge in [0.1, 0.15) is 0 Å². The minimum Gasteiger partial charge on any atom is -0.449 e. The molecule has 4 nitrogen and oxygen atoms in total. The number of fused-ring (bicyclic) bond motifs is 2. The lowest BCUT2D eigenvalue weighted by Crippen LogP contribution is -2.10. The Hall–Kier alpha value is -3.27. The molecule has 0 radical (unpaired) electrons. The molecule has 0 aliphatic carbocycles. The topological polar surface area (TPSA) is 51.5 Å². The molecular formula is C21H17NO3. The van der Waals surface area contributed by atoms with Crippen molar-refractivity contribution in [2.24, 2.45) is 0 Å². The second-order valence-corrected chi connectivity index (χ2v) is 6.04. The number of para-hydroxylation sites is 1. The van der Waals surface area contributed by atoms with Gasteiger partial charge in [0, 0.05) is 10.9 Å². The Labute approximate surface area is 144 Å². The summed E-state index contributed by atoms with van der Waals surface area (Å²) in [4.78, 5) is 11.2. The van der Waals surface area contributed by atoms with Crippen molar-refractivity contribution in [1.29, 1.82) is 0 Å². The third-order valence-electron chi connectivity index (χ3n) is 4.56. The van der Waals surface area contributed by atoms with Crippen LogP contribution in [0.4, 0.5) is 4.79 Å². The molecule has 124 valence electrons. The van der Waals surface area contributed by atoms with Crippen molar-refractivity contribution >= 4 is 27.8 Å². The molecule has 3 aromatic carbocycles. The van der Waals surface area contributed by atoms with Crippen LogP contribution in [0.15, 0.2) is 66.7 Å². The quantitative estimate of drug-likeness (QED) is 0.524. The third-order valence-corrected chi connectivity index (χ3v) is 4.56. The van der Waals surface area contributed by atoms with Crippen molar-refractivity contribution in [3.8, 4) is 5.88 Å². The number of carbonyl (C=O) groups is 1. The summed E-state index contributed by atoms with van der Waals surface area (Å²) in [5.74, 6) is 0.377. The van der Waals surface area contributed by atoms with Crippen LogP contribution in [0.2, 0.25) is 0 Å². The maximum Gasteiger partial charge on any atom is 0.512 e. The molecule has 4 heteroatoms. The second kappa shape index (κ2) is 5.98. The fourth-order valence-electron chi connectivity index (χ4n) is 3.43. The molecule has 4 rings (SSSR count). The van der Waals surface area contributed by atoms with Crippen LogP contribution in [-0.2, 0) is 6.54 Å². The normalized spacial score (nSPS) is 11.1.